The van der Waals surface area contributed by atoms with Gasteiger partial charge in [0.15, 0.2) is 11.4 Å². The Kier molecular flexibility index (Phi) is 3.77. The third kappa shape index (κ3) is 2.89. The number of hydrogen-bond donors (Lipinski definition) is 1. The second-order valence-corrected chi connectivity index (χ2v) is 6.29. The molecule has 0 spiro atoms. The number of nitrogens with zero attached hydrogens (tertiary/aromatic N) is 1. The number of rotatable bonds is 4. The first kappa shape index (κ1) is 15.8. The van der Waals surface area contributed by atoms with Crippen LogP contribution in [0.3, 0.4) is 0 Å². The smallest absolute Gasteiger partial charge is 0.234 e. The first-order valence-corrected chi connectivity index (χ1v) is 8.02. The standard InChI is InChI=1S/C19H16F2N2O2/c20-14-3-1-12(2-4-14)17-9-13-7-11(8-15(21)18(13)25-17)10-23-6-5-16(23)19(22)24/h1-4,7-9,16H,5-6,10H2,(H2,22,24)/t16-/m0/s1. The zero-order chi connectivity index (χ0) is 17.6. The molecule has 0 unspecified atom stereocenters. The Morgan fingerprint density at radius 3 is 2.60 bits per heavy atom. The minimum absolute atomic E-state index is 0.165. The highest BCUT2D eigenvalue weighted by Crippen LogP contribution is 2.31. The van der Waals surface area contributed by atoms with Gasteiger partial charge in [-0.05, 0) is 54.4 Å². The van der Waals surface area contributed by atoms with E-state index in [0.29, 0.717) is 23.3 Å². The number of benzene rings is 2. The van der Waals surface area contributed by atoms with E-state index < -0.39 is 5.82 Å². The first-order valence-electron chi connectivity index (χ1n) is 8.02. The molecule has 0 aliphatic carbocycles. The number of carbonyl (C=O) groups excluding carboxylic acids is 1. The molecular weight excluding hydrogens is 326 g/mol. The molecular formula is C19H16F2N2O2. The third-order valence-corrected chi connectivity index (χ3v) is 4.60. The minimum Gasteiger partial charge on any atom is -0.453 e. The van der Waals surface area contributed by atoms with E-state index in [0.717, 1.165) is 18.5 Å². The van der Waals surface area contributed by atoms with E-state index in [4.69, 9.17) is 10.2 Å². The Morgan fingerprint density at radius 1 is 1.20 bits per heavy atom. The zero-order valence-electron chi connectivity index (χ0n) is 13.3. The number of furan rings is 1. The summed E-state index contributed by atoms with van der Waals surface area (Å²) < 4.78 is 33.0. The maximum Gasteiger partial charge on any atom is 0.234 e. The van der Waals surface area contributed by atoms with Crippen molar-refractivity contribution in [3.8, 4) is 11.3 Å². The molecule has 4 nitrogen and oxygen atoms in total. The highest BCUT2D eigenvalue weighted by atomic mass is 19.1. The summed E-state index contributed by atoms with van der Waals surface area (Å²) in [6.45, 7) is 1.22. The van der Waals surface area contributed by atoms with Crippen LogP contribution in [-0.4, -0.2) is 23.4 Å². The predicted molar refractivity (Wildman–Crippen MR) is 89.6 cm³/mol. The van der Waals surface area contributed by atoms with E-state index in [1.165, 1.54) is 18.2 Å². The van der Waals surface area contributed by atoms with Crippen LogP contribution >= 0.6 is 0 Å². The van der Waals surface area contributed by atoms with Gasteiger partial charge in [0, 0.05) is 24.0 Å². The van der Waals surface area contributed by atoms with Crippen molar-refractivity contribution in [2.45, 2.75) is 19.0 Å². The zero-order valence-corrected chi connectivity index (χ0v) is 13.3. The topological polar surface area (TPSA) is 59.5 Å². The summed E-state index contributed by atoms with van der Waals surface area (Å²) in [5, 5.41) is 0.630. The minimum atomic E-state index is -0.461. The van der Waals surface area contributed by atoms with Crippen molar-refractivity contribution in [1.29, 1.82) is 0 Å². The Balaban J connectivity index is 1.65. The van der Waals surface area contributed by atoms with Crippen LogP contribution in [0.2, 0.25) is 0 Å². The molecule has 2 heterocycles. The SMILES string of the molecule is NC(=O)[C@@H]1CCN1Cc1cc(F)c2oc(-c3ccc(F)cc3)cc2c1. The van der Waals surface area contributed by atoms with Crippen molar-refractivity contribution >= 4 is 16.9 Å². The molecule has 6 heteroatoms. The van der Waals surface area contributed by atoms with Crippen molar-refractivity contribution in [3.63, 3.8) is 0 Å². The van der Waals surface area contributed by atoms with Crippen LogP contribution < -0.4 is 5.73 Å². The van der Waals surface area contributed by atoms with Gasteiger partial charge in [0.1, 0.15) is 11.6 Å². The maximum absolute atomic E-state index is 14.4. The Bertz CT molecular complexity index is 950. The number of nitrogens with two attached hydrogens (primary N) is 1. The van der Waals surface area contributed by atoms with E-state index in [1.807, 2.05) is 11.0 Å². The van der Waals surface area contributed by atoms with Crippen LogP contribution in [0, 0.1) is 11.6 Å². The first-order chi connectivity index (χ1) is 12.0. The molecule has 4 rings (SSSR count). The van der Waals surface area contributed by atoms with Gasteiger partial charge < -0.3 is 10.2 Å². The Hall–Kier alpha value is -2.73. The van der Waals surface area contributed by atoms with Gasteiger partial charge in [-0.3, -0.25) is 9.69 Å². The molecule has 128 valence electrons. The summed E-state index contributed by atoms with van der Waals surface area (Å²) in [5.74, 6) is -0.677. The van der Waals surface area contributed by atoms with Crippen molar-refractivity contribution in [2.24, 2.45) is 5.73 Å². The largest absolute Gasteiger partial charge is 0.453 e. The Labute approximate surface area is 142 Å². The predicted octanol–water partition coefficient (Wildman–Crippen LogP) is 3.44. The quantitative estimate of drug-likeness (QED) is 0.790. The third-order valence-electron chi connectivity index (χ3n) is 4.60. The second-order valence-electron chi connectivity index (χ2n) is 6.29. The van der Waals surface area contributed by atoms with Crippen molar-refractivity contribution in [1.82, 2.24) is 4.90 Å². The summed E-state index contributed by atoms with van der Waals surface area (Å²) in [6, 6.07) is 10.5. The summed E-state index contributed by atoms with van der Waals surface area (Å²) in [6.07, 6.45) is 0.737. The molecule has 1 aliphatic heterocycles. The van der Waals surface area contributed by atoms with E-state index in [-0.39, 0.29) is 23.3 Å². The van der Waals surface area contributed by atoms with Gasteiger partial charge in [-0.2, -0.15) is 0 Å². The van der Waals surface area contributed by atoms with Gasteiger partial charge in [-0.15, -0.1) is 0 Å². The fraction of sp³-hybridized carbons (Fsp3) is 0.211. The normalized spacial score (nSPS) is 17.6. The van der Waals surface area contributed by atoms with E-state index in [9.17, 15) is 13.6 Å². The van der Waals surface area contributed by atoms with Crippen molar-refractivity contribution < 1.29 is 18.0 Å². The molecule has 25 heavy (non-hydrogen) atoms. The number of likely N-dealkylation sites (tertiary alicyclic amines) is 1. The van der Waals surface area contributed by atoms with Crippen molar-refractivity contribution in [2.75, 3.05) is 6.54 Å². The number of halogens is 2. The van der Waals surface area contributed by atoms with E-state index in [2.05, 4.69) is 0 Å². The van der Waals surface area contributed by atoms with Crippen LogP contribution in [0.4, 0.5) is 8.78 Å². The fourth-order valence-corrected chi connectivity index (χ4v) is 3.20. The van der Waals surface area contributed by atoms with Crippen LogP contribution in [0.5, 0.6) is 0 Å². The molecule has 2 N–H and O–H groups in total. The lowest BCUT2D eigenvalue weighted by Crippen LogP contribution is -2.54. The molecule has 2 aromatic carbocycles. The molecule has 0 bridgehead atoms. The number of primary amides is 1. The number of amides is 1. The monoisotopic (exact) mass is 342 g/mol. The molecule has 3 aromatic rings. The van der Waals surface area contributed by atoms with Crippen LogP contribution in [0.1, 0.15) is 12.0 Å². The fourth-order valence-electron chi connectivity index (χ4n) is 3.20. The molecule has 1 amide bonds. The van der Waals surface area contributed by atoms with Gasteiger partial charge in [0.25, 0.3) is 0 Å². The van der Waals surface area contributed by atoms with Crippen LogP contribution in [-0.2, 0) is 11.3 Å². The van der Waals surface area contributed by atoms with Gasteiger partial charge in [-0.1, -0.05) is 0 Å². The highest BCUT2D eigenvalue weighted by Gasteiger charge is 2.32. The summed E-state index contributed by atoms with van der Waals surface area (Å²) in [4.78, 5) is 13.2. The molecule has 1 aliphatic rings. The molecule has 1 atom stereocenters. The number of carbonyl (C=O) groups is 1. The van der Waals surface area contributed by atoms with Crippen LogP contribution in [0.25, 0.3) is 22.3 Å². The highest BCUT2D eigenvalue weighted by molar-refractivity contribution is 5.84. The lowest BCUT2D eigenvalue weighted by atomic mass is 10.0. The molecule has 1 fully saturated rings. The van der Waals surface area contributed by atoms with Crippen LogP contribution in [0.15, 0.2) is 46.9 Å². The van der Waals surface area contributed by atoms with Gasteiger partial charge in [0.2, 0.25) is 5.91 Å². The van der Waals surface area contributed by atoms with E-state index in [1.54, 1.807) is 18.2 Å². The van der Waals surface area contributed by atoms with E-state index >= 15 is 0 Å². The molecule has 0 saturated carbocycles. The maximum atomic E-state index is 14.4. The lowest BCUT2D eigenvalue weighted by Gasteiger charge is -2.38. The Morgan fingerprint density at radius 2 is 1.96 bits per heavy atom. The average Bonchev–Trinajstić information content (AvgIpc) is 2.96. The van der Waals surface area contributed by atoms with Gasteiger partial charge >= 0.3 is 0 Å². The molecule has 1 aromatic heterocycles. The number of fused-ring (bicyclic) bond motifs is 1. The number of hydrogen-bond acceptors (Lipinski definition) is 3. The molecule has 0 radical (unpaired) electrons. The van der Waals surface area contributed by atoms with Gasteiger partial charge in [0.05, 0.1) is 6.04 Å². The summed E-state index contributed by atoms with van der Waals surface area (Å²) >= 11 is 0. The second kappa shape index (κ2) is 5.97. The lowest BCUT2D eigenvalue weighted by molar-refractivity contribution is -0.127. The van der Waals surface area contributed by atoms with Gasteiger partial charge in [-0.25, -0.2) is 8.78 Å². The summed E-state index contributed by atoms with van der Waals surface area (Å²) in [7, 11) is 0. The summed E-state index contributed by atoms with van der Waals surface area (Å²) in [5.41, 5.74) is 6.94. The van der Waals surface area contributed by atoms with Crippen molar-refractivity contribution in [3.05, 3.63) is 59.7 Å². The molecule has 1 saturated heterocycles. The average molecular weight is 342 g/mol.